The van der Waals surface area contributed by atoms with Crippen molar-refractivity contribution in [1.29, 1.82) is 0 Å². The van der Waals surface area contributed by atoms with Crippen LogP contribution in [-0.2, 0) is 0 Å². The lowest BCUT2D eigenvalue weighted by Crippen LogP contribution is -2.16. The van der Waals surface area contributed by atoms with Crippen LogP contribution in [0, 0.1) is 6.92 Å². The molecule has 0 aliphatic heterocycles. The molecule has 3 nitrogen and oxygen atoms in total. The maximum atomic E-state index is 9.59. The quantitative estimate of drug-likeness (QED) is 0.651. The summed E-state index contributed by atoms with van der Waals surface area (Å²) in [6.07, 6.45) is -0.510. The van der Waals surface area contributed by atoms with Gasteiger partial charge in [-0.2, -0.15) is 0 Å². The first-order valence-corrected chi connectivity index (χ1v) is 4.27. The summed E-state index contributed by atoms with van der Waals surface area (Å²) < 4.78 is 0. The third-order valence-corrected chi connectivity index (χ3v) is 2.00. The molecule has 0 fully saturated rings. The fraction of sp³-hybridized carbons (Fsp3) is 0.400. The van der Waals surface area contributed by atoms with Gasteiger partial charge in [0.25, 0.3) is 0 Å². The number of phenols is 1. The van der Waals surface area contributed by atoms with E-state index in [1.54, 1.807) is 25.2 Å². The normalized spacial score (nSPS) is 12.8. The van der Waals surface area contributed by atoms with E-state index < -0.39 is 6.10 Å². The number of hydrogen-bond acceptors (Lipinski definition) is 3. The number of likely N-dealkylation sites (N-methyl/N-ethyl adjacent to an activating group) is 1. The minimum atomic E-state index is -0.510. The van der Waals surface area contributed by atoms with Gasteiger partial charge in [0.1, 0.15) is 5.75 Å². The lowest BCUT2D eigenvalue weighted by atomic mass is 10.1. The molecule has 0 saturated heterocycles. The lowest BCUT2D eigenvalue weighted by Gasteiger charge is -2.11. The topological polar surface area (TPSA) is 52.5 Å². The molecule has 3 N–H and O–H groups in total. The standard InChI is InChI=1S/C10H15NO2/c1-7-5-8(3-4-9(7)12)10(13)6-11-2/h3-5,10-13H,6H2,1-2H3. The third-order valence-electron chi connectivity index (χ3n) is 2.00. The Bertz CT molecular complexity index is 286. The summed E-state index contributed by atoms with van der Waals surface area (Å²) in [4.78, 5) is 0. The minimum absolute atomic E-state index is 0.264. The number of aromatic hydroxyl groups is 1. The molecule has 1 unspecified atom stereocenters. The molecule has 1 atom stereocenters. The van der Waals surface area contributed by atoms with E-state index in [9.17, 15) is 10.2 Å². The average molecular weight is 181 g/mol. The number of aryl methyl sites for hydroxylation is 1. The van der Waals surface area contributed by atoms with Gasteiger partial charge in [-0.3, -0.25) is 0 Å². The third kappa shape index (κ3) is 2.44. The van der Waals surface area contributed by atoms with Crippen LogP contribution in [0.4, 0.5) is 0 Å². The van der Waals surface area contributed by atoms with Crippen LogP contribution in [0.3, 0.4) is 0 Å². The predicted octanol–water partition coefficient (Wildman–Crippen LogP) is 0.953. The van der Waals surface area contributed by atoms with Gasteiger partial charge in [0.05, 0.1) is 6.10 Å². The summed E-state index contributed by atoms with van der Waals surface area (Å²) in [6.45, 7) is 2.33. The van der Waals surface area contributed by atoms with E-state index in [2.05, 4.69) is 5.32 Å². The van der Waals surface area contributed by atoms with Crippen LogP contribution >= 0.6 is 0 Å². The van der Waals surface area contributed by atoms with Crippen LogP contribution < -0.4 is 5.32 Å². The van der Waals surface area contributed by atoms with Crippen molar-refractivity contribution in [2.75, 3.05) is 13.6 Å². The Morgan fingerprint density at radius 3 is 2.69 bits per heavy atom. The van der Waals surface area contributed by atoms with Crippen LogP contribution in [0.1, 0.15) is 17.2 Å². The number of rotatable bonds is 3. The Labute approximate surface area is 78.0 Å². The molecule has 1 aromatic rings. The first-order valence-electron chi connectivity index (χ1n) is 4.27. The van der Waals surface area contributed by atoms with Crippen molar-refractivity contribution >= 4 is 0 Å². The van der Waals surface area contributed by atoms with E-state index in [1.165, 1.54) is 0 Å². The smallest absolute Gasteiger partial charge is 0.118 e. The highest BCUT2D eigenvalue weighted by Crippen LogP contribution is 2.20. The molecule has 3 heteroatoms. The largest absolute Gasteiger partial charge is 0.508 e. The number of aliphatic hydroxyl groups excluding tert-OH is 1. The monoisotopic (exact) mass is 181 g/mol. The summed E-state index contributed by atoms with van der Waals surface area (Å²) in [5, 5.41) is 21.7. The van der Waals surface area contributed by atoms with Crippen molar-refractivity contribution in [3.8, 4) is 5.75 Å². The second-order valence-electron chi connectivity index (χ2n) is 3.12. The molecule has 0 aliphatic carbocycles. The summed E-state index contributed by atoms with van der Waals surface area (Å²) >= 11 is 0. The molecule has 0 aliphatic rings. The van der Waals surface area contributed by atoms with Crippen LogP contribution in [-0.4, -0.2) is 23.8 Å². The van der Waals surface area contributed by atoms with Crippen molar-refractivity contribution in [3.63, 3.8) is 0 Å². The zero-order valence-corrected chi connectivity index (χ0v) is 7.91. The predicted molar refractivity (Wildman–Crippen MR) is 51.7 cm³/mol. The van der Waals surface area contributed by atoms with Gasteiger partial charge in [-0.1, -0.05) is 6.07 Å². The summed E-state index contributed by atoms with van der Waals surface area (Å²) in [7, 11) is 1.79. The van der Waals surface area contributed by atoms with Gasteiger partial charge < -0.3 is 15.5 Å². The fourth-order valence-electron chi connectivity index (χ4n) is 1.20. The van der Waals surface area contributed by atoms with Gasteiger partial charge in [0.15, 0.2) is 0 Å². The molecule has 0 bridgehead atoms. The van der Waals surface area contributed by atoms with Gasteiger partial charge in [0, 0.05) is 6.54 Å². The van der Waals surface area contributed by atoms with Gasteiger partial charge in [0.2, 0.25) is 0 Å². The van der Waals surface area contributed by atoms with Crippen LogP contribution in [0.15, 0.2) is 18.2 Å². The van der Waals surface area contributed by atoms with Crippen molar-refractivity contribution in [2.24, 2.45) is 0 Å². The van der Waals surface area contributed by atoms with Crippen molar-refractivity contribution < 1.29 is 10.2 Å². The Morgan fingerprint density at radius 2 is 2.15 bits per heavy atom. The second kappa shape index (κ2) is 4.25. The minimum Gasteiger partial charge on any atom is -0.508 e. The van der Waals surface area contributed by atoms with Crippen molar-refractivity contribution in [3.05, 3.63) is 29.3 Å². The second-order valence-corrected chi connectivity index (χ2v) is 3.12. The average Bonchev–Trinajstić information content (AvgIpc) is 2.10. The molecule has 0 radical (unpaired) electrons. The van der Waals surface area contributed by atoms with Crippen molar-refractivity contribution in [2.45, 2.75) is 13.0 Å². The molecule has 0 saturated carbocycles. The van der Waals surface area contributed by atoms with E-state index in [0.717, 1.165) is 11.1 Å². The number of hydrogen-bond donors (Lipinski definition) is 3. The van der Waals surface area contributed by atoms with Gasteiger partial charge in [-0.25, -0.2) is 0 Å². The number of nitrogens with one attached hydrogen (secondary N) is 1. The molecular weight excluding hydrogens is 166 g/mol. The Kier molecular flexibility index (Phi) is 3.28. The molecule has 0 aromatic heterocycles. The molecule has 0 amide bonds. The van der Waals surface area contributed by atoms with E-state index in [0.29, 0.717) is 6.54 Å². The highest BCUT2D eigenvalue weighted by molar-refractivity contribution is 5.35. The Morgan fingerprint density at radius 1 is 1.46 bits per heavy atom. The number of aliphatic hydroxyl groups is 1. The van der Waals surface area contributed by atoms with E-state index in [1.807, 2.05) is 6.92 Å². The van der Waals surface area contributed by atoms with Crippen LogP contribution in [0.2, 0.25) is 0 Å². The lowest BCUT2D eigenvalue weighted by molar-refractivity contribution is 0.177. The van der Waals surface area contributed by atoms with Crippen molar-refractivity contribution in [1.82, 2.24) is 5.32 Å². The number of phenolic OH excluding ortho intramolecular Hbond substituents is 1. The van der Waals surface area contributed by atoms with Crippen LogP contribution in [0.5, 0.6) is 5.75 Å². The SMILES string of the molecule is CNCC(O)c1ccc(O)c(C)c1. The first-order chi connectivity index (χ1) is 6.15. The highest BCUT2D eigenvalue weighted by Gasteiger charge is 2.07. The molecular formula is C10H15NO2. The summed E-state index contributed by atoms with van der Waals surface area (Å²) in [5.41, 5.74) is 1.61. The fourth-order valence-corrected chi connectivity index (χ4v) is 1.20. The Balaban J connectivity index is 2.84. The van der Waals surface area contributed by atoms with Gasteiger partial charge in [-0.15, -0.1) is 0 Å². The maximum absolute atomic E-state index is 9.59. The van der Waals surface area contributed by atoms with E-state index in [-0.39, 0.29) is 5.75 Å². The zero-order chi connectivity index (χ0) is 9.84. The Hall–Kier alpha value is -1.06. The molecule has 0 spiro atoms. The number of benzene rings is 1. The first kappa shape index (κ1) is 10.0. The van der Waals surface area contributed by atoms with Crippen LogP contribution in [0.25, 0.3) is 0 Å². The van der Waals surface area contributed by atoms with E-state index in [4.69, 9.17) is 0 Å². The summed E-state index contributed by atoms with van der Waals surface area (Å²) in [5.74, 6) is 0.264. The molecule has 72 valence electrons. The molecule has 13 heavy (non-hydrogen) atoms. The zero-order valence-electron chi connectivity index (χ0n) is 7.91. The molecule has 1 aromatic carbocycles. The highest BCUT2D eigenvalue weighted by atomic mass is 16.3. The molecule has 0 heterocycles. The van der Waals surface area contributed by atoms with Gasteiger partial charge >= 0.3 is 0 Å². The van der Waals surface area contributed by atoms with Gasteiger partial charge in [-0.05, 0) is 37.2 Å². The molecule has 1 rings (SSSR count). The maximum Gasteiger partial charge on any atom is 0.118 e. The van der Waals surface area contributed by atoms with E-state index >= 15 is 0 Å². The summed E-state index contributed by atoms with van der Waals surface area (Å²) in [6, 6.07) is 5.12.